The Morgan fingerprint density at radius 2 is 2.00 bits per heavy atom. The largest absolute Gasteiger partial charge is 0.487 e. The molecule has 1 heterocycles. The summed E-state index contributed by atoms with van der Waals surface area (Å²) in [6.45, 7) is 10.6. The van der Waals surface area contributed by atoms with Gasteiger partial charge in [-0.05, 0) is 53.8 Å². The van der Waals surface area contributed by atoms with Gasteiger partial charge >= 0.3 is 0 Å². The number of halogens is 1. The van der Waals surface area contributed by atoms with Gasteiger partial charge in [-0.2, -0.15) is 0 Å². The Labute approximate surface area is 136 Å². The van der Waals surface area contributed by atoms with Crippen LogP contribution in [0, 0.1) is 0 Å². The van der Waals surface area contributed by atoms with Gasteiger partial charge in [0.15, 0.2) is 0 Å². The van der Waals surface area contributed by atoms with Gasteiger partial charge in [-0.15, -0.1) is 0 Å². The third-order valence-electron chi connectivity index (χ3n) is 4.14. The highest BCUT2D eigenvalue weighted by atomic mass is 79.9. The molecule has 2 rings (SSSR count). The average molecular weight is 356 g/mol. The van der Waals surface area contributed by atoms with Crippen molar-refractivity contribution in [2.45, 2.75) is 64.4 Å². The van der Waals surface area contributed by atoms with Crippen molar-refractivity contribution in [1.82, 2.24) is 5.32 Å². The third-order valence-corrected chi connectivity index (χ3v) is 4.63. The highest BCUT2D eigenvalue weighted by Crippen LogP contribution is 2.41. The summed E-state index contributed by atoms with van der Waals surface area (Å²) < 4.78 is 13.5. The van der Waals surface area contributed by atoms with Crippen molar-refractivity contribution in [3.8, 4) is 5.75 Å². The molecule has 1 N–H and O–H groups in total. The summed E-state index contributed by atoms with van der Waals surface area (Å²) >= 11 is 3.54. The lowest BCUT2D eigenvalue weighted by Crippen LogP contribution is -2.37. The van der Waals surface area contributed by atoms with Crippen LogP contribution in [0.3, 0.4) is 0 Å². The molecule has 0 spiro atoms. The van der Waals surface area contributed by atoms with Crippen LogP contribution in [0.5, 0.6) is 5.75 Å². The Morgan fingerprint density at radius 3 is 2.52 bits per heavy atom. The van der Waals surface area contributed by atoms with Crippen LogP contribution in [0.15, 0.2) is 22.7 Å². The fourth-order valence-corrected chi connectivity index (χ4v) is 3.31. The molecule has 0 amide bonds. The molecule has 118 valence electrons. The normalized spacial score (nSPS) is 24.8. The molecular formula is C17H26BrNO2. The molecule has 1 saturated heterocycles. The van der Waals surface area contributed by atoms with Crippen molar-refractivity contribution >= 4 is 15.9 Å². The molecule has 1 aromatic rings. The van der Waals surface area contributed by atoms with Crippen LogP contribution in [-0.2, 0) is 4.74 Å². The highest BCUT2D eigenvalue weighted by molar-refractivity contribution is 9.10. The molecule has 4 heteroatoms. The molecule has 0 saturated carbocycles. The average Bonchev–Trinajstić information content (AvgIpc) is 2.56. The number of benzene rings is 1. The van der Waals surface area contributed by atoms with E-state index in [1.807, 2.05) is 13.1 Å². The fourth-order valence-electron chi connectivity index (χ4n) is 2.97. The summed E-state index contributed by atoms with van der Waals surface area (Å²) in [5, 5.41) is 3.28. The van der Waals surface area contributed by atoms with Crippen molar-refractivity contribution in [1.29, 1.82) is 0 Å². The molecule has 0 radical (unpaired) electrons. The van der Waals surface area contributed by atoms with Gasteiger partial charge in [-0.25, -0.2) is 0 Å². The van der Waals surface area contributed by atoms with E-state index in [9.17, 15) is 0 Å². The maximum atomic E-state index is 6.37. The minimum Gasteiger partial charge on any atom is -0.487 e. The van der Waals surface area contributed by atoms with Crippen LogP contribution in [0.4, 0.5) is 0 Å². The number of hydrogen-bond donors (Lipinski definition) is 1. The zero-order chi connectivity index (χ0) is 15.8. The van der Waals surface area contributed by atoms with Crippen molar-refractivity contribution in [3.05, 3.63) is 28.2 Å². The van der Waals surface area contributed by atoms with E-state index in [2.05, 4.69) is 68.0 Å². The maximum absolute atomic E-state index is 6.37. The summed E-state index contributed by atoms with van der Waals surface area (Å²) in [5.74, 6) is 0.922. The smallest absolute Gasteiger partial charge is 0.130 e. The molecule has 0 bridgehead atoms. The van der Waals surface area contributed by atoms with E-state index in [-0.39, 0.29) is 23.3 Å². The third kappa shape index (κ3) is 3.79. The first kappa shape index (κ1) is 16.8. The van der Waals surface area contributed by atoms with Gasteiger partial charge in [-0.1, -0.05) is 22.0 Å². The topological polar surface area (TPSA) is 30.5 Å². The molecular weight excluding hydrogens is 330 g/mol. The Hall–Kier alpha value is -0.580. The predicted octanol–water partition coefficient (Wildman–Crippen LogP) is 4.45. The van der Waals surface area contributed by atoms with Gasteiger partial charge in [0.05, 0.1) is 5.60 Å². The molecule has 3 nitrogen and oxygen atoms in total. The van der Waals surface area contributed by atoms with E-state index < -0.39 is 0 Å². The van der Waals surface area contributed by atoms with Crippen molar-refractivity contribution < 1.29 is 9.47 Å². The SMILES string of the molecule is CNC(C)c1ccc(Br)cc1OC1CC(C)(C)OC1(C)C. The maximum Gasteiger partial charge on any atom is 0.130 e. The molecule has 2 unspecified atom stereocenters. The molecule has 0 aromatic heterocycles. The summed E-state index contributed by atoms with van der Waals surface area (Å²) in [5.41, 5.74) is 0.738. The fraction of sp³-hybridized carbons (Fsp3) is 0.647. The van der Waals surface area contributed by atoms with Crippen molar-refractivity contribution in [2.24, 2.45) is 0 Å². The second kappa shape index (κ2) is 5.90. The molecule has 0 aliphatic carbocycles. The van der Waals surface area contributed by atoms with Crippen LogP contribution in [0.25, 0.3) is 0 Å². The first-order valence-corrected chi connectivity index (χ1v) is 8.27. The van der Waals surface area contributed by atoms with Gasteiger partial charge in [0.1, 0.15) is 17.5 Å². The Balaban J connectivity index is 2.29. The number of nitrogens with one attached hydrogen (secondary N) is 1. The molecule has 2 atom stereocenters. The number of rotatable bonds is 4. The zero-order valence-electron chi connectivity index (χ0n) is 13.8. The van der Waals surface area contributed by atoms with Gasteiger partial charge in [0.25, 0.3) is 0 Å². The Morgan fingerprint density at radius 1 is 1.33 bits per heavy atom. The predicted molar refractivity (Wildman–Crippen MR) is 89.9 cm³/mol. The van der Waals surface area contributed by atoms with E-state index >= 15 is 0 Å². The van der Waals surface area contributed by atoms with E-state index in [1.165, 1.54) is 5.56 Å². The van der Waals surface area contributed by atoms with Crippen molar-refractivity contribution in [3.63, 3.8) is 0 Å². The number of ether oxygens (including phenoxy) is 2. The second-order valence-electron chi connectivity index (χ2n) is 6.97. The van der Waals surface area contributed by atoms with Gasteiger partial charge in [0, 0.05) is 22.5 Å². The van der Waals surface area contributed by atoms with Crippen LogP contribution in [0.1, 0.15) is 52.6 Å². The highest BCUT2D eigenvalue weighted by Gasteiger charge is 2.47. The Kier molecular flexibility index (Phi) is 4.72. The first-order valence-electron chi connectivity index (χ1n) is 7.48. The van der Waals surface area contributed by atoms with E-state index in [0.717, 1.165) is 16.6 Å². The van der Waals surface area contributed by atoms with Crippen molar-refractivity contribution in [2.75, 3.05) is 7.05 Å². The van der Waals surface area contributed by atoms with Gasteiger partial charge < -0.3 is 14.8 Å². The van der Waals surface area contributed by atoms with E-state index in [1.54, 1.807) is 0 Å². The van der Waals surface area contributed by atoms with E-state index in [0.29, 0.717) is 0 Å². The van der Waals surface area contributed by atoms with Gasteiger partial charge in [0.2, 0.25) is 0 Å². The second-order valence-corrected chi connectivity index (χ2v) is 7.88. The lowest BCUT2D eigenvalue weighted by atomic mass is 9.97. The van der Waals surface area contributed by atoms with Crippen LogP contribution < -0.4 is 10.1 Å². The summed E-state index contributed by atoms with van der Waals surface area (Å²) in [7, 11) is 1.96. The zero-order valence-corrected chi connectivity index (χ0v) is 15.4. The summed E-state index contributed by atoms with van der Waals surface area (Å²) in [6.07, 6.45) is 0.935. The monoisotopic (exact) mass is 355 g/mol. The number of hydrogen-bond acceptors (Lipinski definition) is 3. The first-order chi connectivity index (χ1) is 9.64. The van der Waals surface area contributed by atoms with Crippen LogP contribution in [0.2, 0.25) is 0 Å². The molecule has 1 aliphatic heterocycles. The molecule has 1 fully saturated rings. The lowest BCUT2D eigenvalue weighted by molar-refractivity contribution is -0.0847. The minimum absolute atomic E-state index is 0.0459. The quantitative estimate of drug-likeness (QED) is 0.864. The van der Waals surface area contributed by atoms with E-state index in [4.69, 9.17) is 9.47 Å². The lowest BCUT2D eigenvalue weighted by Gasteiger charge is -2.28. The minimum atomic E-state index is -0.286. The Bertz CT molecular complexity index is 514. The van der Waals surface area contributed by atoms with Crippen LogP contribution in [-0.4, -0.2) is 24.4 Å². The summed E-state index contributed by atoms with van der Waals surface area (Å²) in [6, 6.07) is 6.45. The molecule has 21 heavy (non-hydrogen) atoms. The van der Waals surface area contributed by atoms with Gasteiger partial charge in [-0.3, -0.25) is 0 Å². The standard InChI is InChI=1S/C17H26BrNO2/c1-11(19-6)13-8-7-12(18)9-14(13)20-15-10-16(2,3)21-17(15,4)5/h7-9,11,15,19H,10H2,1-6H3. The van der Waals surface area contributed by atoms with Crippen LogP contribution >= 0.6 is 15.9 Å². The molecule has 1 aliphatic rings. The summed E-state index contributed by atoms with van der Waals surface area (Å²) in [4.78, 5) is 0. The molecule has 1 aromatic carbocycles.